The minimum Gasteiger partial charge on any atom is -0.456 e. The zero-order chi connectivity index (χ0) is 35.8. The highest BCUT2D eigenvalue weighted by Crippen LogP contribution is 2.47. The van der Waals surface area contributed by atoms with Crippen molar-refractivity contribution in [1.29, 1.82) is 0 Å². The second-order valence-electron chi connectivity index (χ2n) is 13.3. The van der Waals surface area contributed by atoms with Crippen LogP contribution >= 0.6 is 0 Å². The summed E-state index contributed by atoms with van der Waals surface area (Å²) in [5.41, 5.74) is 9.56. The Balaban J connectivity index is 1.26. The second kappa shape index (κ2) is 13.3. The standard InChI is InChI=1S/C49H32N4O/c1-4-15-33(16-5-1)34-27-29-39(30-28-34)53(42-25-14-22-35-17-10-11-23-40(35)42)43-31-38(32-45-46(43)41-24-12-13-26-44(41)54-45)49-51-47(36-18-6-2-7-19-36)50-48(52-49)37-20-8-3-9-21-37/h1-32H. The van der Waals surface area contributed by atoms with Crippen LogP contribution in [0.2, 0.25) is 0 Å². The van der Waals surface area contributed by atoms with Crippen LogP contribution < -0.4 is 4.90 Å². The maximum absolute atomic E-state index is 6.67. The normalized spacial score (nSPS) is 11.3. The number of nitrogens with zero attached hydrogens (tertiary/aromatic N) is 4. The van der Waals surface area contributed by atoms with E-state index in [4.69, 9.17) is 19.4 Å². The Bertz CT molecular complexity index is 2860. The second-order valence-corrected chi connectivity index (χ2v) is 13.3. The molecule has 10 aromatic rings. The molecule has 0 N–H and O–H groups in total. The van der Waals surface area contributed by atoms with Gasteiger partial charge in [-0.25, -0.2) is 15.0 Å². The van der Waals surface area contributed by atoms with Gasteiger partial charge >= 0.3 is 0 Å². The number of anilines is 3. The van der Waals surface area contributed by atoms with Crippen molar-refractivity contribution in [1.82, 2.24) is 15.0 Å². The largest absolute Gasteiger partial charge is 0.456 e. The van der Waals surface area contributed by atoms with Gasteiger partial charge in [0.1, 0.15) is 11.2 Å². The summed E-state index contributed by atoms with van der Waals surface area (Å²) in [4.78, 5) is 17.5. The third-order valence-electron chi connectivity index (χ3n) is 9.90. The smallest absolute Gasteiger partial charge is 0.164 e. The van der Waals surface area contributed by atoms with E-state index < -0.39 is 0 Å². The van der Waals surface area contributed by atoms with Crippen molar-refractivity contribution < 1.29 is 4.42 Å². The molecule has 10 rings (SSSR count). The summed E-state index contributed by atoms with van der Waals surface area (Å²) in [5, 5.41) is 4.33. The van der Waals surface area contributed by atoms with Crippen molar-refractivity contribution in [2.24, 2.45) is 0 Å². The lowest BCUT2D eigenvalue weighted by Crippen LogP contribution is -2.11. The molecular formula is C49H32N4O. The van der Waals surface area contributed by atoms with Crippen LogP contribution in [0.5, 0.6) is 0 Å². The van der Waals surface area contributed by atoms with Crippen LogP contribution in [0, 0.1) is 0 Å². The number of benzene rings is 8. The third kappa shape index (κ3) is 5.65. The van der Waals surface area contributed by atoms with Gasteiger partial charge in [0.25, 0.3) is 0 Å². The number of aromatic nitrogens is 3. The fraction of sp³-hybridized carbons (Fsp3) is 0. The Morgan fingerprint density at radius 1 is 0.352 bits per heavy atom. The van der Waals surface area contributed by atoms with Crippen LogP contribution in [0.4, 0.5) is 17.1 Å². The number of hydrogen-bond donors (Lipinski definition) is 0. The lowest BCUT2D eigenvalue weighted by molar-refractivity contribution is 0.669. The summed E-state index contributed by atoms with van der Waals surface area (Å²) in [5.74, 6) is 1.77. The summed E-state index contributed by atoms with van der Waals surface area (Å²) < 4.78 is 6.67. The van der Waals surface area contributed by atoms with Crippen molar-refractivity contribution in [3.63, 3.8) is 0 Å². The summed E-state index contributed by atoms with van der Waals surface area (Å²) >= 11 is 0. The fourth-order valence-corrected chi connectivity index (χ4v) is 7.32. The molecule has 0 radical (unpaired) electrons. The third-order valence-corrected chi connectivity index (χ3v) is 9.90. The molecule has 8 aromatic carbocycles. The molecule has 2 heterocycles. The van der Waals surface area contributed by atoms with Gasteiger partial charge in [-0.1, -0.05) is 158 Å². The molecule has 0 amide bonds. The molecular weight excluding hydrogens is 661 g/mol. The van der Waals surface area contributed by atoms with E-state index in [-0.39, 0.29) is 0 Å². The number of fused-ring (bicyclic) bond motifs is 4. The zero-order valence-electron chi connectivity index (χ0n) is 29.2. The van der Waals surface area contributed by atoms with Gasteiger partial charge < -0.3 is 9.32 Å². The predicted molar refractivity (Wildman–Crippen MR) is 221 cm³/mol. The van der Waals surface area contributed by atoms with Gasteiger partial charge in [-0.05, 0) is 52.9 Å². The lowest BCUT2D eigenvalue weighted by atomic mass is 10.0. The van der Waals surface area contributed by atoms with E-state index in [2.05, 4.69) is 120 Å². The highest BCUT2D eigenvalue weighted by molar-refractivity contribution is 6.15. The van der Waals surface area contributed by atoms with Gasteiger partial charge in [0.15, 0.2) is 17.5 Å². The average Bonchev–Trinajstić information content (AvgIpc) is 3.64. The lowest BCUT2D eigenvalue weighted by Gasteiger charge is -2.28. The molecule has 0 saturated carbocycles. The molecule has 0 unspecified atom stereocenters. The minimum atomic E-state index is 0.559. The first-order valence-electron chi connectivity index (χ1n) is 18.0. The van der Waals surface area contributed by atoms with Gasteiger partial charge in [-0.15, -0.1) is 0 Å². The van der Waals surface area contributed by atoms with Crippen molar-refractivity contribution in [2.45, 2.75) is 0 Å². The Labute approximate surface area is 312 Å². The van der Waals surface area contributed by atoms with Gasteiger partial charge in [-0.3, -0.25) is 0 Å². The van der Waals surface area contributed by atoms with Crippen LogP contribution in [-0.2, 0) is 0 Å². The van der Waals surface area contributed by atoms with E-state index in [0.717, 1.165) is 72.0 Å². The molecule has 54 heavy (non-hydrogen) atoms. The van der Waals surface area contributed by atoms with Crippen molar-refractivity contribution in [3.8, 4) is 45.3 Å². The molecule has 254 valence electrons. The molecule has 0 aliphatic heterocycles. The molecule has 5 nitrogen and oxygen atoms in total. The fourth-order valence-electron chi connectivity index (χ4n) is 7.32. The average molecular weight is 693 g/mol. The van der Waals surface area contributed by atoms with E-state index >= 15 is 0 Å². The summed E-state index contributed by atoms with van der Waals surface area (Å²) in [6.07, 6.45) is 0. The topological polar surface area (TPSA) is 55.1 Å². The number of para-hydroxylation sites is 1. The molecule has 0 fully saturated rings. The summed E-state index contributed by atoms with van der Waals surface area (Å²) in [7, 11) is 0. The molecule has 0 aliphatic carbocycles. The van der Waals surface area contributed by atoms with Gasteiger partial charge in [0.2, 0.25) is 0 Å². The number of rotatable bonds is 7. The van der Waals surface area contributed by atoms with Crippen LogP contribution in [-0.4, -0.2) is 15.0 Å². The van der Waals surface area contributed by atoms with Crippen LogP contribution in [0.15, 0.2) is 199 Å². The quantitative estimate of drug-likeness (QED) is 0.166. The Morgan fingerprint density at radius 2 is 0.870 bits per heavy atom. The molecule has 5 heteroatoms. The highest BCUT2D eigenvalue weighted by Gasteiger charge is 2.24. The molecule has 0 atom stereocenters. The first kappa shape index (κ1) is 31.4. The molecule has 0 spiro atoms. The molecule has 0 bridgehead atoms. The van der Waals surface area contributed by atoms with E-state index in [0.29, 0.717) is 17.5 Å². The zero-order valence-corrected chi connectivity index (χ0v) is 29.2. The van der Waals surface area contributed by atoms with Gasteiger partial charge in [0.05, 0.1) is 16.8 Å². The monoisotopic (exact) mass is 692 g/mol. The Kier molecular flexibility index (Phi) is 7.73. The van der Waals surface area contributed by atoms with Crippen molar-refractivity contribution >= 4 is 49.8 Å². The number of hydrogen-bond acceptors (Lipinski definition) is 5. The van der Waals surface area contributed by atoms with Crippen molar-refractivity contribution in [3.05, 3.63) is 194 Å². The minimum absolute atomic E-state index is 0.559. The molecule has 0 aliphatic rings. The molecule has 2 aromatic heterocycles. The maximum Gasteiger partial charge on any atom is 0.164 e. The van der Waals surface area contributed by atoms with E-state index in [1.807, 2.05) is 78.9 Å². The summed E-state index contributed by atoms with van der Waals surface area (Å²) in [6, 6.07) is 67.0. The number of furan rings is 1. The molecule has 0 saturated heterocycles. The Morgan fingerprint density at radius 3 is 1.54 bits per heavy atom. The highest BCUT2D eigenvalue weighted by atomic mass is 16.3. The first-order valence-corrected chi connectivity index (χ1v) is 18.0. The summed E-state index contributed by atoms with van der Waals surface area (Å²) in [6.45, 7) is 0. The van der Waals surface area contributed by atoms with Crippen LogP contribution in [0.3, 0.4) is 0 Å². The Hall–Kier alpha value is -7.37. The first-order chi connectivity index (χ1) is 26.8. The predicted octanol–water partition coefficient (Wildman–Crippen LogP) is 13.1. The van der Waals surface area contributed by atoms with Gasteiger partial charge in [-0.2, -0.15) is 0 Å². The van der Waals surface area contributed by atoms with Crippen LogP contribution in [0.1, 0.15) is 0 Å². The SMILES string of the molecule is c1ccc(-c2ccc(N(c3cccc4ccccc34)c3cc(-c4nc(-c5ccccc5)nc(-c5ccccc5)n4)cc4oc5ccccc5c34)cc2)cc1. The van der Waals surface area contributed by atoms with Gasteiger partial charge in [0, 0.05) is 33.2 Å². The van der Waals surface area contributed by atoms with E-state index in [1.165, 1.54) is 5.56 Å². The maximum atomic E-state index is 6.67. The van der Waals surface area contributed by atoms with Crippen LogP contribution in [0.25, 0.3) is 78.0 Å². The van der Waals surface area contributed by atoms with Crippen molar-refractivity contribution in [2.75, 3.05) is 4.90 Å². The van der Waals surface area contributed by atoms with E-state index in [9.17, 15) is 0 Å². The van der Waals surface area contributed by atoms with E-state index in [1.54, 1.807) is 0 Å².